The third-order valence-electron chi connectivity index (χ3n) is 3.76. The number of nitrogens with zero attached hydrogens (tertiary/aromatic N) is 1. The molecule has 0 saturated carbocycles. The minimum Gasteiger partial charge on any atom is -0.339 e. The van der Waals surface area contributed by atoms with Crippen LogP contribution >= 0.6 is 12.4 Å². The highest BCUT2D eigenvalue weighted by Gasteiger charge is 2.28. The minimum absolute atomic E-state index is 0. The van der Waals surface area contributed by atoms with Gasteiger partial charge in [0.05, 0.1) is 12.0 Å². The lowest BCUT2D eigenvalue weighted by molar-refractivity contribution is -0.135. The van der Waals surface area contributed by atoms with Crippen LogP contribution in [0.15, 0.2) is 18.2 Å². The summed E-state index contributed by atoms with van der Waals surface area (Å²) in [6.07, 6.45) is 0.827. The first-order valence-electron chi connectivity index (χ1n) is 6.43. The second kappa shape index (κ2) is 6.99. The highest BCUT2D eigenvalue weighted by molar-refractivity contribution is 5.85. The van der Waals surface area contributed by atoms with E-state index in [1.165, 1.54) is 6.07 Å². The van der Waals surface area contributed by atoms with Crippen molar-refractivity contribution in [2.24, 2.45) is 5.92 Å². The Morgan fingerprint density at radius 3 is 2.65 bits per heavy atom. The fourth-order valence-corrected chi connectivity index (χ4v) is 2.34. The molecule has 2 atom stereocenters. The Balaban J connectivity index is 0.00000200. The number of hydrogen-bond acceptors (Lipinski definition) is 2. The Morgan fingerprint density at radius 2 is 2.10 bits per heavy atom. The number of carbonyl (C=O) groups is 1. The van der Waals surface area contributed by atoms with E-state index in [4.69, 9.17) is 0 Å². The Labute approximate surface area is 123 Å². The van der Waals surface area contributed by atoms with Gasteiger partial charge in [0, 0.05) is 13.6 Å². The van der Waals surface area contributed by atoms with Crippen LogP contribution in [0, 0.1) is 17.6 Å². The summed E-state index contributed by atoms with van der Waals surface area (Å²) in [5.41, 5.74) is 0.598. The summed E-state index contributed by atoms with van der Waals surface area (Å²) in [7, 11) is 1.70. The molecule has 112 valence electrons. The smallest absolute Gasteiger partial charge is 0.227 e. The molecule has 0 aromatic heterocycles. The lowest BCUT2D eigenvalue weighted by atomic mass is 10.0. The summed E-state index contributed by atoms with van der Waals surface area (Å²) in [4.78, 5) is 13.8. The van der Waals surface area contributed by atoms with Crippen LogP contribution in [-0.2, 0) is 4.79 Å². The monoisotopic (exact) mass is 304 g/mol. The predicted molar refractivity (Wildman–Crippen MR) is 75.8 cm³/mol. The van der Waals surface area contributed by atoms with E-state index in [0.29, 0.717) is 12.1 Å². The van der Waals surface area contributed by atoms with E-state index < -0.39 is 11.6 Å². The topological polar surface area (TPSA) is 32.3 Å². The van der Waals surface area contributed by atoms with Crippen molar-refractivity contribution in [3.8, 4) is 0 Å². The number of hydrogen-bond donors (Lipinski definition) is 1. The average molecular weight is 305 g/mol. The van der Waals surface area contributed by atoms with Gasteiger partial charge in [-0.15, -0.1) is 12.4 Å². The van der Waals surface area contributed by atoms with Gasteiger partial charge in [-0.3, -0.25) is 4.79 Å². The van der Waals surface area contributed by atoms with Gasteiger partial charge in [-0.2, -0.15) is 0 Å². The van der Waals surface area contributed by atoms with Crippen LogP contribution in [0.3, 0.4) is 0 Å². The van der Waals surface area contributed by atoms with E-state index in [-0.39, 0.29) is 30.3 Å². The summed E-state index contributed by atoms with van der Waals surface area (Å²) in [6, 6.07) is 3.48. The standard InChI is InChI=1S/C14H18F2N2O.ClH/c1-9(10-3-4-12(15)13(16)7-10)18(2)14(19)11-5-6-17-8-11;/h3-4,7,9,11,17H,5-6,8H2,1-2H3;1H. The second-order valence-electron chi connectivity index (χ2n) is 4.99. The number of rotatable bonds is 3. The number of amides is 1. The lowest BCUT2D eigenvalue weighted by Crippen LogP contribution is -2.35. The van der Waals surface area contributed by atoms with E-state index in [9.17, 15) is 13.6 Å². The molecule has 1 N–H and O–H groups in total. The summed E-state index contributed by atoms with van der Waals surface area (Å²) >= 11 is 0. The highest BCUT2D eigenvalue weighted by Crippen LogP contribution is 2.23. The van der Waals surface area contributed by atoms with Crippen LogP contribution in [0.4, 0.5) is 8.78 Å². The van der Waals surface area contributed by atoms with E-state index in [1.54, 1.807) is 11.9 Å². The van der Waals surface area contributed by atoms with Crippen molar-refractivity contribution in [2.75, 3.05) is 20.1 Å². The maximum Gasteiger partial charge on any atom is 0.227 e. The SMILES string of the molecule is CC(c1ccc(F)c(F)c1)N(C)C(=O)C1CCNC1.Cl. The molecule has 3 nitrogen and oxygen atoms in total. The van der Waals surface area contributed by atoms with Gasteiger partial charge < -0.3 is 10.2 Å². The molecule has 1 amide bonds. The zero-order valence-corrected chi connectivity index (χ0v) is 12.3. The molecule has 0 aliphatic carbocycles. The van der Waals surface area contributed by atoms with Gasteiger partial charge in [0.2, 0.25) is 5.91 Å². The zero-order chi connectivity index (χ0) is 14.0. The molecule has 6 heteroatoms. The molecule has 1 saturated heterocycles. The van der Waals surface area contributed by atoms with Crippen LogP contribution in [0.1, 0.15) is 24.9 Å². The fraction of sp³-hybridized carbons (Fsp3) is 0.500. The summed E-state index contributed by atoms with van der Waals surface area (Å²) < 4.78 is 26.1. The van der Waals surface area contributed by atoms with Gasteiger partial charge in [-0.05, 0) is 37.6 Å². The maximum atomic E-state index is 13.2. The van der Waals surface area contributed by atoms with E-state index in [1.807, 2.05) is 6.92 Å². The van der Waals surface area contributed by atoms with Gasteiger partial charge in [-0.25, -0.2) is 8.78 Å². The number of nitrogens with one attached hydrogen (secondary N) is 1. The third-order valence-corrected chi connectivity index (χ3v) is 3.76. The molecular formula is C14H19ClF2N2O. The molecule has 1 aromatic carbocycles. The Hall–Kier alpha value is -1.20. The Bertz CT molecular complexity index is 478. The molecule has 0 bridgehead atoms. The quantitative estimate of drug-likeness (QED) is 0.930. The van der Waals surface area contributed by atoms with Gasteiger partial charge in [0.1, 0.15) is 0 Å². The maximum absolute atomic E-state index is 13.2. The molecule has 1 aliphatic rings. The van der Waals surface area contributed by atoms with Crippen LogP contribution in [0.5, 0.6) is 0 Å². The molecule has 0 radical (unpaired) electrons. The summed E-state index contributed by atoms with van der Waals surface area (Å²) in [5.74, 6) is -1.72. The van der Waals surface area contributed by atoms with Gasteiger partial charge in [0.15, 0.2) is 11.6 Å². The Kier molecular flexibility index (Phi) is 5.89. The van der Waals surface area contributed by atoms with Gasteiger partial charge in [-0.1, -0.05) is 6.07 Å². The molecule has 0 spiro atoms. The van der Waals surface area contributed by atoms with Crippen molar-refractivity contribution in [1.82, 2.24) is 10.2 Å². The molecule has 1 aliphatic heterocycles. The Morgan fingerprint density at radius 1 is 1.40 bits per heavy atom. The van der Waals surface area contributed by atoms with Gasteiger partial charge >= 0.3 is 0 Å². The first-order chi connectivity index (χ1) is 9.00. The molecule has 1 aromatic rings. The van der Waals surface area contributed by atoms with Crippen molar-refractivity contribution in [1.29, 1.82) is 0 Å². The molecule has 2 unspecified atom stereocenters. The lowest BCUT2D eigenvalue weighted by Gasteiger charge is -2.27. The molecule has 2 rings (SSSR count). The summed E-state index contributed by atoms with van der Waals surface area (Å²) in [5, 5.41) is 3.15. The zero-order valence-electron chi connectivity index (χ0n) is 11.5. The minimum atomic E-state index is -0.882. The highest BCUT2D eigenvalue weighted by atomic mass is 35.5. The van der Waals surface area contributed by atoms with E-state index >= 15 is 0 Å². The van der Waals surface area contributed by atoms with Crippen molar-refractivity contribution >= 4 is 18.3 Å². The van der Waals surface area contributed by atoms with Crippen LogP contribution in [-0.4, -0.2) is 30.9 Å². The van der Waals surface area contributed by atoms with Crippen LogP contribution in [0.25, 0.3) is 0 Å². The molecule has 1 heterocycles. The summed E-state index contributed by atoms with van der Waals surface area (Å²) in [6.45, 7) is 3.35. The van der Waals surface area contributed by atoms with Crippen molar-refractivity contribution < 1.29 is 13.6 Å². The average Bonchev–Trinajstić information content (AvgIpc) is 2.93. The first kappa shape index (κ1) is 16.9. The predicted octanol–water partition coefficient (Wildman–Crippen LogP) is 2.52. The van der Waals surface area contributed by atoms with Crippen molar-refractivity contribution in [3.63, 3.8) is 0 Å². The second-order valence-corrected chi connectivity index (χ2v) is 4.99. The molecule has 20 heavy (non-hydrogen) atoms. The number of benzene rings is 1. The van der Waals surface area contributed by atoms with E-state index in [0.717, 1.165) is 25.1 Å². The molecular weight excluding hydrogens is 286 g/mol. The van der Waals surface area contributed by atoms with Crippen molar-refractivity contribution in [2.45, 2.75) is 19.4 Å². The van der Waals surface area contributed by atoms with Gasteiger partial charge in [0.25, 0.3) is 0 Å². The number of halogens is 3. The number of carbonyl (C=O) groups excluding carboxylic acids is 1. The fourth-order valence-electron chi connectivity index (χ4n) is 2.34. The van der Waals surface area contributed by atoms with E-state index in [2.05, 4.69) is 5.32 Å². The normalized spacial score (nSPS) is 19.3. The largest absolute Gasteiger partial charge is 0.339 e. The van der Waals surface area contributed by atoms with Crippen molar-refractivity contribution in [3.05, 3.63) is 35.4 Å². The molecule has 1 fully saturated rings. The van der Waals surface area contributed by atoms with Crippen LogP contribution < -0.4 is 5.32 Å². The van der Waals surface area contributed by atoms with Crippen LogP contribution in [0.2, 0.25) is 0 Å². The third kappa shape index (κ3) is 3.46. The first-order valence-corrected chi connectivity index (χ1v) is 6.43.